The Morgan fingerprint density at radius 2 is 0.831 bits per heavy atom. The number of hydrogen-bond donors (Lipinski definition) is 4. The number of Topliss-reactive ketones (excluding diaryl/α,β-unsaturated/α-hetero) is 2. The highest BCUT2D eigenvalue weighted by atomic mass is 32.2. The van der Waals surface area contributed by atoms with Crippen LogP contribution in [-0.4, -0.2) is 168 Å². The molecule has 0 bridgehead atoms. The van der Waals surface area contributed by atoms with Crippen molar-refractivity contribution in [2.75, 3.05) is 111 Å². The zero-order valence-corrected chi connectivity index (χ0v) is 52.1. The van der Waals surface area contributed by atoms with Crippen molar-refractivity contribution in [3.05, 3.63) is 118 Å². The van der Waals surface area contributed by atoms with Gasteiger partial charge in [-0.25, -0.2) is 34.4 Å². The molecule has 0 atom stereocenters. The Labute approximate surface area is 516 Å². The van der Waals surface area contributed by atoms with Crippen molar-refractivity contribution >= 4 is 67.1 Å². The molecule has 0 saturated carbocycles. The van der Waals surface area contributed by atoms with Gasteiger partial charge in [-0.1, -0.05) is 6.92 Å². The van der Waals surface area contributed by atoms with Crippen molar-refractivity contribution in [3.63, 3.8) is 0 Å². The molecular weight excluding hydrogens is 1210 g/mol. The number of rotatable bonds is 40. The maximum absolute atomic E-state index is 14.7. The van der Waals surface area contributed by atoms with Crippen LogP contribution < -0.4 is 32.4 Å². The fourth-order valence-corrected chi connectivity index (χ4v) is 10.2. The lowest BCUT2D eigenvalue weighted by Crippen LogP contribution is -2.31. The third-order valence-electron chi connectivity index (χ3n) is 11.9. The molecule has 89 heavy (non-hydrogen) atoms. The minimum Gasteiger partial charge on any atom is -0.451 e. The van der Waals surface area contributed by atoms with Crippen LogP contribution in [-0.2, 0) is 67.3 Å². The van der Waals surface area contributed by atoms with Crippen LogP contribution in [0.25, 0.3) is 12.2 Å². The van der Waals surface area contributed by atoms with Crippen LogP contribution in [0.2, 0.25) is 0 Å². The molecule has 0 saturated heterocycles. The molecule has 0 aliphatic rings. The topological polar surface area (TPSA) is 342 Å². The molecule has 23 nitrogen and oxygen atoms in total. The first-order chi connectivity index (χ1) is 42.2. The van der Waals surface area contributed by atoms with Crippen LogP contribution in [0.15, 0.2) is 104 Å². The number of benzene rings is 4. The van der Waals surface area contributed by atoms with Crippen LogP contribution in [0, 0.1) is 23.3 Å². The van der Waals surface area contributed by atoms with E-state index in [-0.39, 0.29) is 112 Å². The zero-order chi connectivity index (χ0) is 65.9. The van der Waals surface area contributed by atoms with E-state index < -0.39 is 78.2 Å². The normalized spacial score (nSPS) is 11.8. The molecular formula is C60H79F4N7O16S2. The highest BCUT2D eigenvalue weighted by molar-refractivity contribution is 7.91. The van der Waals surface area contributed by atoms with Gasteiger partial charge in [0.1, 0.15) is 23.1 Å². The van der Waals surface area contributed by atoms with Crippen LogP contribution in [0.5, 0.6) is 23.0 Å². The van der Waals surface area contributed by atoms with E-state index in [1.165, 1.54) is 74.5 Å². The Balaban J connectivity index is 0.000000485. The van der Waals surface area contributed by atoms with E-state index in [1.54, 1.807) is 19.1 Å². The molecule has 4 aromatic carbocycles. The van der Waals surface area contributed by atoms with Gasteiger partial charge in [0, 0.05) is 50.9 Å². The van der Waals surface area contributed by atoms with Gasteiger partial charge in [-0.2, -0.15) is 9.98 Å². The van der Waals surface area contributed by atoms with E-state index in [1.807, 2.05) is 6.92 Å². The number of guanidine groups is 2. The Kier molecular flexibility index (Phi) is 34.2. The molecule has 0 spiro atoms. The molecule has 0 aliphatic heterocycles. The fraction of sp³-hybridized carbons (Fsp3) is 0.433. The monoisotopic (exact) mass is 1290 g/mol. The van der Waals surface area contributed by atoms with Gasteiger partial charge in [-0.05, 0) is 143 Å². The van der Waals surface area contributed by atoms with E-state index in [2.05, 4.69) is 9.98 Å². The standard InChI is InChI=1S/C35H48F2N4O9S.C25H31F2N3O7S/c1-4-7-27(42)23-41(3)24-28(43)8-5-13-47-15-17-49-18-16-48-14-6-19-51(45,46)30-11-9-29(10-12-30)50-33-31(36)21-26(22-32(33)37)20-25(2)34(44)40-35(38)39;1-17(24(31)30-25(28)29)14-18-15-21(26)23(22(27)16-18)37-19-4-6-20(7-5-19)38(32,33)13-3-8-35-11-12-36-10-9-34-2/h9-12,20-22H,4-8,13-19,23-24H2,1-3H3,(H4,38,39,40,44);4-7,14-16H,3,8-13H2,1-2H3,(H4,28,29,30,31)/b25-20+;17-14+. The molecule has 8 N–H and O–H groups in total. The Bertz CT molecular complexity index is 3240. The van der Waals surface area contributed by atoms with Gasteiger partial charge in [0.2, 0.25) is 0 Å². The molecule has 2 amide bonds. The lowest BCUT2D eigenvalue weighted by atomic mass is 10.1. The highest BCUT2D eigenvalue weighted by Crippen LogP contribution is 2.32. The van der Waals surface area contributed by atoms with Gasteiger partial charge in [-0.15, -0.1) is 0 Å². The van der Waals surface area contributed by atoms with Gasteiger partial charge in [0.05, 0.1) is 87.2 Å². The summed E-state index contributed by atoms with van der Waals surface area (Å²) in [6, 6.07) is 14.2. The largest absolute Gasteiger partial charge is 0.451 e. The first-order valence-corrected chi connectivity index (χ1v) is 31.3. The molecule has 0 radical (unpaired) electrons. The molecule has 29 heteroatoms. The van der Waals surface area contributed by atoms with Crippen LogP contribution >= 0.6 is 0 Å². The van der Waals surface area contributed by atoms with Crippen LogP contribution in [0.3, 0.4) is 0 Å². The summed E-state index contributed by atoms with van der Waals surface area (Å²) in [5.41, 5.74) is 20.8. The quantitative estimate of drug-likeness (QED) is 0.0119. The molecule has 490 valence electrons. The minimum atomic E-state index is -3.66. The first kappa shape index (κ1) is 75.8. The second kappa shape index (κ2) is 40.2. The number of methoxy groups -OCH3 is 1. The van der Waals surface area contributed by atoms with Gasteiger partial charge in [0.15, 0.2) is 66.4 Å². The van der Waals surface area contributed by atoms with Gasteiger partial charge < -0.3 is 60.8 Å². The summed E-state index contributed by atoms with van der Waals surface area (Å²) in [6.07, 6.45) is 5.23. The maximum Gasteiger partial charge on any atom is 0.275 e. The second-order valence-corrected chi connectivity index (χ2v) is 23.8. The summed E-state index contributed by atoms with van der Waals surface area (Å²) in [5, 5.41) is 0. The van der Waals surface area contributed by atoms with Gasteiger partial charge >= 0.3 is 0 Å². The Morgan fingerprint density at radius 3 is 1.17 bits per heavy atom. The number of nitrogens with zero attached hydrogens (tertiary/aromatic N) is 3. The average Bonchev–Trinajstić information content (AvgIpc) is 1.95. The van der Waals surface area contributed by atoms with Crippen molar-refractivity contribution in [2.45, 2.75) is 69.1 Å². The number of carbonyl (C=O) groups is 4. The number of hydrogen-bond acceptors (Lipinski definition) is 17. The fourth-order valence-electron chi connectivity index (χ4n) is 7.63. The van der Waals surface area contributed by atoms with Crippen molar-refractivity contribution in [1.82, 2.24) is 4.90 Å². The molecule has 0 fully saturated rings. The lowest BCUT2D eigenvalue weighted by Gasteiger charge is -2.14. The van der Waals surface area contributed by atoms with E-state index in [9.17, 15) is 53.6 Å². The third kappa shape index (κ3) is 30.1. The average molecular weight is 1290 g/mol. The predicted molar refractivity (Wildman–Crippen MR) is 326 cm³/mol. The summed E-state index contributed by atoms with van der Waals surface area (Å²) >= 11 is 0. The van der Waals surface area contributed by atoms with Crippen molar-refractivity contribution in [3.8, 4) is 23.0 Å². The van der Waals surface area contributed by atoms with Crippen molar-refractivity contribution < 1.29 is 91.5 Å². The summed E-state index contributed by atoms with van der Waals surface area (Å²) in [5.74, 6) is -8.02. The number of carbonyl (C=O) groups excluding carboxylic acids is 4. The predicted octanol–water partition coefficient (Wildman–Crippen LogP) is 6.63. The van der Waals surface area contributed by atoms with E-state index in [0.717, 1.165) is 30.7 Å². The summed E-state index contributed by atoms with van der Waals surface area (Å²) in [7, 11) is -3.91. The summed E-state index contributed by atoms with van der Waals surface area (Å²) < 4.78 is 151. The van der Waals surface area contributed by atoms with E-state index in [4.69, 9.17) is 60.8 Å². The number of ether oxygens (including phenoxy) is 8. The molecule has 0 aromatic heterocycles. The number of sulfone groups is 2. The Hall–Kier alpha value is -7.48. The van der Waals surface area contributed by atoms with Crippen LogP contribution in [0.4, 0.5) is 17.6 Å². The minimum absolute atomic E-state index is 0.00850. The molecule has 0 unspecified atom stereocenters. The number of amides is 2. The van der Waals surface area contributed by atoms with Gasteiger partial charge in [0.25, 0.3) is 11.8 Å². The number of nitrogens with two attached hydrogens (primary N) is 4. The number of likely N-dealkylation sites (N-methyl/N-ethyl adjacent to an activating group) is 1. The SMILES string of the molecule is CCCC(=O)CN(C)CC(=O)CCCOCCOCCOCCCS(=O)(=O)c1ccc(Oc2c(F)cc(/C=C(\C)C(=O)N=C(N)N)cc2F)cc1.COCCOCCOCCCS(=O)(=O)c1ccc(Oc2c(F)cc(/C=C(\C)C(=O)N=C(N)N)cc2F)cc1. The van der Waals surface area contributed by atoms with Crippen molar-refractivity contribution in [2.24, 2.45) is 32.9 Å². The smallest absolute Gasteiger partial charge is 0.275 e. The van der Waals surface area contributed by atoms with Crippen molar-refractivity contribution in [1.29, 1.82) is 0 Å². The van der Waals surface area contributed by atoms with E-state index in [0.29, 0.717) is 72.1 Å². The second-order valence-electron chi connectivity index (χ2n) is 19.6. The number of aliphatic imine (C=N–C) groups is 2. The number of ketones is 2. The molecule has 4 aromatic rings. The Morgan fingerprint density at radius 1 is 0.506 bits per heavy atom. The third-order valence-corrected chi connectivity index (χ3v) is 15.5. The van der Waals surface area contributed by atoms with Crippen LogP contribution in [0.1, 0.15) is 70.4 Å². The number of halogens is 4. The molecule has 4 rings (SSSR count). The molecule has 0 aliphatic carbocycles. The maximum atomic E-state index is 14.7. The summed E-state index contributed by atoms with van der Waals surface area (Å²) in [6.45, 7) is 9.07. The van der Waals surface area contributed by atoms with E-state index >= 15 is 0 Å². The summed E-state index contributed by atoms with van der Waals surface area (Å²) in [4.78, 5) is 55.8. The highest BCUT2D eigenvalue weighted by Gasteiger charge is 2.20. The lowest BCUT2D eigenvalue weighted by molar-refractivity contribution is -0.123. The van der Waals surface area contributed by atoms with Gasteiger partial charge in [-0.3, -0.25) is 24.1 Å². The zero-order valence-electron chi connectivity index (χ0n) is 50.4. The first-order valence-electron chi connectivity index (χ1n) is 28.0. The molecule has 0 heterocycles.